The van der Waals surface area contributed by atoms with Crippen molar-refractivity contribution >= 4 is 10.0 Å². The van der Waals surface area contributed by atoms with E-state index in [2.05, 4.69) is 10.0 Å². The number of piperidine rings is 1. The maximum atomic E-state index is 12.3. The van der Waals surface area contributed by atoms with Crippen LogP contribution in [0.4, 0.5) is 0 Å². The van der Waals surface area contributed by atoms with E-state index in [0.717, 1.165) is 30.6 Å². The van der Waals surface area contributed by atoms with Crippen LogP contribution in [0.15, 0.2) is 23.1 Å². The van der Waals surface area contributed by atoms with Crippen molar-refractivity contribution in [3.05, 3.63) is 29.3 Å². The summed E-state index contributed by atoms with van der Waals surface area (Å²) in [4.78, 5) is 0.372. The van der Waals surface area contributed by atoms with E-state index < -0.39 is 10.0 Å². The molecule has 1 fully saturated rings. The second-order valence-electron chi connectivity index (χ2n) is 5.72. The molecule has 112 valence electrons. The Morgan fingerprint density at radius 1 is 1.25 bits per heavy atom. The molecule has 4 nitrogen and oxygen atoms in total. The highest BCUT2D eigenvalue weighted by Crippen LogP contribution is 2.16. The largest absolute Gasteiger partial charge is 0.316 e. The van der Waals surface area contributed by atoms with Crippen molar-refractivity contribution in [2.75, 3.05) is 19.6 Å². The maximum absolute atomic E-state index is 12.3. The number of benzene rings is 1. The molecule has 1 unspecified atom stereocenters. The molecule has 0 saturated carbocycles. The SMILES string of the molecule is Cc1cc(C)cc(S(=O)(=O)NCCC2CCCNC2)c1. The van der Waals surface area contributed by atoms with E-state index in [1.54, 1.807) is 12.1 Å². The van der Waals surface area contributed by atoms with Crippen molar-refractivity contribution in [3.63, 3.8) is 0 Å². The first-order valence-corrected chi connectivity index (χ1v) is 8.74. The van der Waals surface area contributed by atoms with Crippen molar-refractivity contribution in [1.82, 2.24) is 10.0 Å². The van der Waals surface area contributed by atoms with Crippen LogP contribution in [0.1, 0.15) is 30.4 Å². The molecule has 0 aromatic heterocycles. The van der Waals surface area contributed by atoms with Gasteiger partial charge in [0, 0.05) is 6.54 Å². The Morgan fingerprint density at radius 2 is 1.95 bits per heavy atom. The molecule has 0 aliphatic carbocycles. The van der Waals surface area contributed by atoms with Gasteiger partial charge in [-0.05, 0) is 75.4 Å². The van der Waals surface area contributed by atoms with E-state index in [0.29, 0.717) is 17.4 Å². The highest BCUT2D eigenvalue weighted by molar-refractivity contribution is 7.89. The second-order valence-corrected chi connectivity index (χ2v) is 7.49. The Balaban J connectivity index is 1.93. The van der Waals surface area contributed by atoms with Gasteiger partial charge in [-0.3, -0.25) is 0 Å². The van der Waals surface area contributed by atoms with E-state index in [-0.39, 0.29) is 0 Å². The molecule has 0 spiro atoms. The third kappa shape index (κ3) is 4.30. The topological polar surface area (TPSA) is 58.2 Å². The van der Waals surface area contributed by atoms with Crippen LogP contribution in [0.25, 0.3) is 0 Å². The van der Waals surface area contributed by atoms with E-state index in [9.17, 15) is 8.42 Å². The lowest BCUT2D eigenvalue weighted by molar-refractivity contribution is 0.358. The summed E-state index contributed by atoms with van der Waals surface area (Å²) >= 11 is 0. The number of nitrogens with one attached hydrogen (secondary N) is 2. The first-order valence-electron chi connectivity index (χ1n) is 7.26. The van der Waals surface area contributed by atoms with Gasteiger partial charge in [0.15, 0.2) is 0 Å². The van der Waals surface area contributed by atoms with Crippen LogP contribution in [0, 0.1) is 19.8 Å². The zero-order valence-corrected chi connectivity index (χ0v) is 13.1. The summed E-state index contributed by atoms with van der Waals surface area (Å²) in [6.45, 7) is 6.44. The Labute approximate surface area is 122 Å². The molecule has 0 radical (unpaired) electrons. The molecule has 2 rings (SSSR count). The highest BCUT2D eigenvalue weighted by Gasteiger charge is 2.17. The predicted molar refractivity (Wildman–Crippen MR) is 81.3 cm³/mol. The van der Waals surface area contributed by atoms with Crippen molar-refractivity contribution in [1.29, 1.82) is 0 Å². The van der Waals surface area contributed by atoms with Gasteiger partial charge in [0.1, 0.15) is 0 Å². The fourth-order valence-electron chi connectivity index (χ4n) is 2.74. The van der Waals surface area contributed by atoms with Gasteiger partial charge in [-0.25, -0.2) is 13.1 Å². The normalized spacial score (nSPS) is 20.0. The molecule has 20 heavy (non-hydrogen) atoms. The summed E-state index contributed by atoms with van der Waals surface area (Å²) in [5, 5.41) is 3.35. The highest BCUT2D eigenvalue weighted by atomic mass is 32.2. The summed E-state index contributed by atoms with van der Waals surface area (Å²) in [5.41, 5.74) is 1.95. The van der Waals surface area contributed by atoms with Gasteiger partial charge >= 0.3 is 0 Å². The van der Waals surface area contributed by atoms with Gasteiger partial charge in [-0.2, -0.15) is 0 Å². The minimum Gasteiger partial charge on any atom is -0.316 e. The van der Waals surface area contributed by atoms with Crippen LogP contribution < -0.4 is 10.0 Å². The van der Waals surface area contributed by atoms with Crippen molar-refractivity contribution in [2.45, 2.75) is 38.0 Å². The molecular formula is C15H24N2O2S. The number of aryl methyl sites for hydroxylation is 2. The van der Waals surface area contributed by atoms with Gasteiger partial charge in [0.25, 0.3) is 0 Å². The van der Waals surface area contributed by atoms with Gasteiger partial charge in [-0.15, -0.1) is 0 Å². The van der Waals surface area contributed by atoms with Crippen LogP contribution in [-0.2, 0) is 10.0 Å². The Kier molecular flexibility index (Phi) is 5.18. The molecule has 2 N–H and O–H groups in total. The van der Waals surface area contributed by atoms with Crippen LogP contribution in [0.2, 0.25) is 0 Å². The molecule has 1 aromatic rings. The lowest BCUT2D eigenvalue weighted by atomic mass is 9.96. The average Bonchev–Trinajstić information content (AvgIpc) is 2.38. The van der Waals surface area contributed by atoms with Crippen molar-refractivity contribution in [3.8, 4) is 0 Å². The fourth-order valence-corrected chi connectivity index (χ4v) is 3.97. The molecular weight excluding hydrogens is 272 g/mol. The lowest BCUT2D eigenvalue weighted by Crippen LogP contribution is -2.33. The average molecular weight is 296 g/mol. The molecule has 0 amide bonds. The Bertz CT molecular complexity index is 529. The standard InChI is InChI=1S/C15H24N2O2S/c1-12-8-13(2)10-15(9-12)20(18,19)17-7-5-14-4-3-6-16-11-14/h8-10,14,16-17H,3-7,11H2,1-2H3. The maximum Gasteiger partial charge on any atom is 0.240 e. The van der Waals surface area contributed by atoms with Gasteiger partial charge in [-0.1, -0.05) is 6.07 Å². The first-order chi connectivity index (χ1) is 9.47. The van der Waals surface area contributed by atoms with Crippen LogP contribution >= 0.6 is 0 Å². The van der Waals surface area contributed by atoms with Gasteiger partial charge in [0.2, 0.25) is 10.0 Å². The van der Waals surface area contributed by atoms with E-state index in [1.165, 1.54) is 12.8 Å². The van der Waals surface area contributed by atoms with Crippen LogP contribution in [0.3, 0.4) is 0 Å². The van der Waals surface area contributed by atoms with E-state index >= 15 is 0 Å². The predicted octanol–water partition coefficient (Wildman–Crippen LogP) is 1.97. The Morgan fingerprint density at radius 3 is 2.55 bits per heavy atom. The third-order valence-electron chi connectivity index (χ3n) is 3.75. The fraction of sp³-hybridized carbons (Fsp3) is 0.600. The molecule has 1 aliphatic rings. The monoisotopic (exact) mass is 296 g/mol. The zero-order chi connectivity index (χ0) is 14.6. The van der Waals surface area contributed by atoms with Crippen molar-refractivity contribution < 1.29 is 8.42 Å². The number of hydrogen-bond acceptors (Lipinski definition) is 3. The second kappa shape index (κ2) is 6.70. The summed E-state index contributed by atoms with van der Waals surface area (Å²) in [5.74, 6) is 0.589. The number of rotatable bonds is 5. The molecule has 1 saturated heterocycles. The van der Waals surface area contributed by atoms with E-state index in [1.807, 2.05) is 19.9 Å². The molecule has 1 atom stereocenters. The summed E-state index contributed by atoms with van der Waals surface area (Å²) in [6, 6.07) is 5.42. The summed E-state index contributed by atoms with van der Waals surface area (Å²) < 4.78 is 27.2. The van der Waals surface area contributed by atoms with Gasteiger partial charge in [0.05, 0.1) is 4.90 Å². The molecule has 1 aromatic carbocycles. The van der Waals surface area contributed by atoms with Crippen LogP contribution in [-0.4, -0.2) is 28.1 Å². The summed E-state index contributed by atoms with van der Waals surface area (Å²) in [7, 11) is -3.38. The Hall–Kier alpha value is -0.910. The molecule has 5 heteroatoms. The number of sulfonamides is 1. The van der Waals surface area contributed by atoms with E-state index in [4.69, 9.17) is 0 Å². The summed E-state index contributed by atoms with van der Waals surface area (Å²) in [6.07, 6.45) is 3.28. The molecule has 0 bridgehead atoms. The molecule has 1 heterocycles. The number of hydrogen-bond donors (Lipinski definition) is 2. The first kappa shape index (κ1) is 15.5. The van der Waals surface area contributed by atoms with Crippen LogP contribution in [0.5, 0.6) is 0 Å². The lowest BCUT2D eigenvalue weighted by Gasteiger charge is -2.22. The quantitative estimate of drug-likeness (QED) is 0.873. The minimum atomic E-state index is -3.38. The zero-order valence-electron chi connectivity index (χ0n) is 12.3. The van der Waals surface area contributed by atoms with Crippen molar-refractivity contribution in [2.24, 2.45) is 5.92 Å². The minimum absolute atomic E-state index is 0.372. The molecule has 1 aliphatic heterocycles. The third-order valence-corrected chi connectivity index (χ3v) is 5.19. The van der Waals surface area contributed by atoms with Gasteiger partial charge < -0.3 is 5.32 Å². The smallest absolute Gasteiger partial charge is 0.240 e.